The molecule has 25 heavy (non-hydrogen) atoms. The van der Waals surface area contributed by atoms with Crippen LogP contribution < -0.4 is 5.32 Å². The van der Waals surface area contributed by atoms with E-state index in [1.165, 1.54) is 6.07 Å². The number of aromatic nitrogens is 2. The Labute approximate surface area is 148 Å². The number of amides is 1. The van der Waals surface area contributed by atoms with Crippen molar-refractivity contribution in [1.82, 2.24) is 9.55 Å². The van der Waals surface area contributed by atoms with Crippen molar-refractivity contribution in [2.75, 3.05) is 5.32 Å². The summed E-state index contributed by atoms with van der Waals surface area (Å²) < 4.78 is 1.95. The largest absolute Gasteiger partial charge is 0.305 e. The lowest BCUT2D eigenvalue weighted by Crippen LogP contribution is -2.25. The third-order valence-corrected chi connectivity index (χ3v) is 4.81. The van der Waals surface area contributed by atoms with Gasteiger partial charge in [-0.1, -0.05) is 12.1 Å². The zero-order chi connectivity index (χ0) is 18.4. The first-order chi connectivity index (χ1) is 11.7. The molecule has 0 spiro atoms. The molecule has 7 nitrogen and oxygen atoms in total. The number of carbonyl (C=O) groups excluding carboxylic acids is 1. The SMILES string of the molecule is Cc1sc(C(=O)Nc2nc3ccccc3n2C(C)(C)C)cc1[N+](=O)[O-]. The minimum absolute atomic E-state index is 0.0422. The summed E-state index contributed by atoms with van der Waals surface area (Å²) in [4.78, 5) is 28.4. The van der Waals surface area contributed by atoms with E-state index in [2.05, 4.69) is 10.3 Å². The van der Waals surface area contributed by atoms with Crippen LogP contribution in [0.5, 0.6) is 0 Å². The normalized spacial score (nSPS) is 11.7. The summed E-state index contributed by atoms with van der Waals surface area (Å²) >= 11 is 1.10. The van der Waals surface area contributed by atoms with Gasteiger partial charge in [0.2, 0.25) is 5.95 Å². The van der Waals surface area contributed by atoms with Crippen molar-refractivity contribution in [1.29, 1.82) is 0 Å². The maximum atomic E-state index is 12.6. The van der Waals surface area contributed by atoms with Gasteiger partial charge in [-0.25, -0.2) is 4.98 Å². The molecule has 0 fully saturated rings. The van der Waals surface area contributed by atoms with Crippen LogP contribution in [0, 0.1) is 17.0 Å². The van der Waals surface area contributed by atoms with Crippen molar-refractivity contribution in [3.05, 3.63) is 50.2 Å². The summed E-state index contributed by atoms with van der Waals surface area (Å²) in [7, 11) is 0. The van der Waals surface area contributed by atoms with Crippen LogP contribution in [0.4, 0.5) is 11.6 Å². The smallest absolute Gasteiger partial charge is 0.283 e. The van der Waals surface area contributed by atoms with Gasteiger partial charge in [0.15, 0.2) is 0 Å². The Bertz CT molecular complexity index is 982. The molecule has 3 rings (SSSR count). The number of hydrogen-bond donors (Lipinski definition) is 1. The van der Waals surface area contributed by atoms with Gasteiger partial charge in [0, 0.05) is 11.6 Å². The standard InChI is InChI=1S/C17H18N4O3S/c1-10-13(21(23)24)9-14(25-10)15(22)19-16-18-11-7-5-6-8-12(11)20(16)17(2,3)4/h5-9H,1-4H3,(H,18,19,22). The maximum Gasteiger partial charge on any atom is 0.283 e. The highest BCUT2D eigenvalue weighted by Crippen LogP contribution is 2.31. The zero-order valence-electron chi connectivity index (χ0n) is 14.4. The Morgan fingerprint density at radius 2 is 2.00 bits per heavy atom. The van der Waals surface area contributed by atoms with Crippen LogP contribution in [-0.4, -0.2) is 20.4 Å². The highest BCUT2D eigenvalue weighted by Gasteiger charge is 2.25. The summed E-state index contributed by atoms with van der Waals surface area (Å²) in [6, 6.07) is 8.94. The second-order valence-corrected chi connectivity index (χ2v) is 7.95. The number of hydrogen-bond acceptors (Lipinski definition) is 5. The summed E-state index contributed by atoms with van der Waals surface area (Å²) in [5.41, 5.74) is 1.36. The molecule has 0 radical (unpaired) electrons. The first kappa shape index (κ1) is 17.1. The number of nitrogens with zero attached hydrogens (tertiary/aromatic N) is 3. The fourth-order valence-electron chi connectivity index (χ4n) is 2.72. The summed E-state index contributed by atoms with van der Waals surface area (Å²) in [5.74, 6) is 0.0226. The van der Waals surface area contributed by atoms with Gasteiger partial charge in [0.25, 0.3) is 11.6 Å². The minimum Gasteiger partial charge on any atom is -0.305 e. The summed E-state index contributed by atoms with van der Waals surface area (Å²) in [6.45, 7) is 7.70. The number of thiophene rings is 1. The number of nitrogens with one attached hydrogen (secondary N) is 1. The molecule has 8 heteroatoms. The highest BCUT2D eigenvalue weighted by molar-refractivity contribution is 7.14. The Morgan fingerprint density at radius 3 is 2.60 bits per heavy atom. The molecule has 0 aliphatic rings. The fourth-order valence-corrected chi connectivity index (χ4v) is 3.60. The van der Waals surface area contributed by atoms with Gasteiger partial charge in [-0.3, -0.25) is 20.2 Å². The molecular formula is C17H18N4O3S. The van der Waals surface area contributed by atoms with E-state index in [1.807, 2.05) is 49.6 Å². The Hall–Kier alpha value is -2.74. The van der Waals surface area contributed by atoms with Crippen molar-refractivity contribution in [2.45, 2.75) is 33.2 Å². The monoisotopic (exact) mass is 358 g/mol. The molecule has 0 atom stereocenters. The number of para-hydroxylation sites is 2. The average molecular weight is 358 g/mol. The lowest BCUT2D eigenvalue weighted by Gasteiger charge is -2.24. The van der Waals surface area contributed by atoms with E-state index >= 15 is 0 Å². The van der Waals surface area contributed by atoms with Crippen molar-refractivity contribution >= 4 is 39.9 Å². The number of aryl methyl sites for hydroxylation is 1. The van der Waals surface area contributed by atoms with Crippen LogP contribution in [0.15, 0.2) is 30.3 Å². The Kier molecular flexibility index (Phi) is 4.08. The number of fused-ring (bicyclic) bond motifs is 1. The minimum atomic E-state index is -0.479. The van der Waals surface area contributed by atoms with E-state index in [-0.39, 0.29) is 16.1 Å². The predicted octanol–water partition coefficient (Wildman–Crippen LogP) is 4.32. The van der Waals surface area contributed by atoms with Gasteiger partial charge in [0.05, 0.1) is 25.7 Å². The lowest BCUT2D eigenvalue weighted by molar-refractivity contribution is -0.385. The molecule has 0 bridgehead atoms. The number of imidazole rings is 1. The second-order valence-electron chi connectivity index (χ2n) is 6.69. The molecular weight excluding hydrogens is 340 g/mol. The Balaban J connectivity index is 2.02. The van der Waals surface area contributed by atoms with Crippen LogP contribution in [0.25, 0.3) is 11.0 Å². The average Bonchev–Trinajstić information content (AvgIpc) is 3.06. The van der Waals surface area contributed by atoms with E-state index < -0.39 is 10.8 Å². The molecule has 1 amide bonds. The number of rotatable bonds is 3. The van der Waals surface area contributed by atoms with Crippen LogP contribution in [0.3, 0.4) is 0 Å². The predicted molar refractivity (Wildman–Crippen MR) is 98.4 cm³/mol. The number of benzene rings is 1. The first-order valence-electron chi connectivity index (χ1n) is 7.72. The summed E-state index contributed by atoms with van der Waals surface area (Å²) in [5, 5.41) is 13.8. The van der Waals surface area contributed by atoms with E-state index in [0.29, 0.717) is 10.8 Å². The van der Waals surface area contributed by atoms with E-state index in [9.17, 15) is 14.9 Å². The van der Waals surface area contributed by atoms with Crippen molar-refractivity contribution in [3.63, 3.8) is 0 Å². The first-order valence-corrected chi connectivity index (χ1v) is 8.54. The second kappa shape index (κ2) is 5.96. The lowest BCUT2D eigenvalue weighted by atomic mass is 10.1. The third-order valence-electron chi connectivity index (χ3n) is 3.77. The van der Waals surface area contributed by atoms with Crippen molar-refractivity contribution in [2.24, 2.45) is 0 Å². The van der Waals surface area contributed by atoms with Crippen LogP contribution in [-0.2, 0) is 5.54 Å². The molecule has 130 valence electrons. The maximum absolute atomic E-state index is 12.6. The molecule has 0 aliphatic heterocycles. The van der Waals surface area contributed by atoms with Crippen LogP contribution in [0.2, 0.25) is 0 Å². The van der Waals surface area contributed by atoms with Gasteiger partial charge in [-0.15, -0.1) is 11.3 Å². The molecule has 0 saturated carbocycles. The third kappa shape index (κ3) is 3.12. The topological polar surface area (TPSA) is 90.1 Å². The molecule has 0 saturated heterocycles. The molecule has 2 aromatic heterocycles. The molecule has 3 aromatic rings. The van der Waals surface area contributed by atoms with Gasteiger partial charge in [-0.05, 0) is 39.8 Å². The number of anilines is 1. The number of carbonyl (C=O) groups is 1. The summed E-state index contributed by atoms with van der Waals surface area (Å²) in [6.07, 6.45) is 0. The molecule has 2 heterocycles. The van der Waals surface area contributed by atoms with Gasteiger partial charge in [0.1, 0.15) is 0 Å². The van der Waals surface area contributed by atoms with Crippen LogP contribution in [0.1, 0.15) is 35.3 Å². The molecule has 1 N–H and O–H groups in total. The van der Waals surface area contributed by atoms with Gasteiger partial charge in [-0.2, -0.15) is 0 Å². The fraction of sp³-hybridized carbons (Fsp3) is 0.294. The molecule has 1 aromatic carbocycles. The van der Waals surface area contributed by atoms with Gasteiger partial charge < -0.3 is 4.57 Å². The van der Waals surface area contributed by atoms with Crippen molar-refractivity contribution < 1.29 is 9.72 Å². The van der Waals surface area contributed by atoms with E-state index in [1.54, 1.807) is 6.92 Å². The zero-order valence-corrected chi connectivity index (χ0v) is 15.2. The van der Waals surface area contributed by atoms with Crippen LogP contribution >= 0.6 is 11.3 Å². The Morgan fingerprint density at radius 1 is 1.32 bits per heavy atom. The quantitative estimate of drug-likeness (QED) is 0.557. The van der Waals surface area contributed by atoms with E-state index in [4.69, 9.17) is 0 Å². The molecule has 0 unspecified atom stereocenters. The van der Waals surface area contributed by atoms with Crippen molar-refractivity contribution in [3.8, 4) is 0 Å². The highest BCUT2D eigenvalue weighted by atomic mass is 32.1. The number of nitro groups is 1. The molecule has 0 aliphatic carbocycles. The van der Waals surface area contributed by atoms with Gasteiger partial charge >= 0.3 is 0 Å². The van der Waals surface area contributed by atoms with E-state index in [0.717, 1.165) is 22.4 Å².